The molecule has 4 bridgehead atoms. The van der Waals surface area contributed by atoms with Gasteiger partial charge < -0.3 is 9.31 Å². The summed E-state index contributed by atoms with van der Waals surface area (Å²) in [5.41, 5.74) is 9.51. The lowest BCUT2D eigenvalue weighted by atomic mass is 9.43. The second-order valence-corrected chi connectivity index (χ2v) is 13.7. The molecule has 1 heterocycles. The maximum absolute atomic E-state index is 6.30. The number of benzene rings is 3. The minimum absolute atomic E-state index is 0.220. The zero-order valence-electron chi connectivity index (χ0n) is 22.6. The van der Waals surface area contributed by atoms with Crippen molar-refractivity contribution >= 4 is 12.6 Å². The smallest absolute Gasteiger partial charge is 0.399 e. The van der Waals surface area contributed by atoms with Crippen LogP contribution >= 0.6 is 0 Å². The fraction of sp³-hybridized carbons (Fsp3) is 0.471. The van der Waals surface area contributed by atoms with Gasteiger partial charge in [0.15, 0.2) is 0 Å². The van der Waals surface area contributed by atoms with E-state index in [1.54, 1.807) is 11.1 Å². The van der Waals surface area contributed by atoms with E-state index in [1.807, 2.05) is 0 Å². The monoisotopic (exact) mass is 488 g/mol. The summed E-state index contributed by atoms with van der Waals surface area (Å²) < 4.78 is 12.6. The third-order valence-electron chi connectivity index (χ3n) is 11.3. The molecule has 2 nitrogen and oxygen atoms in total. The Morgan fingerprint density at radius 2 is 1.19 bits per heavy atom. The van der Waals surface area contributed by atoms with Crippen molar-refractivity contribution in [2.24, 2.45) is 23.7 Å². The second-order valence-electron chi connectivity index (χ2n) is 13.7. The van der Waals surface area contributed by atoms with E-state index in [-0.39, 0.29) is 23.7 Å². The van der Waals surface area contributed by atoms with Gasteiger partial charge in [-0.3, -0.25) is 0 Å². The summed E-state index contributed by atoms with van der Waals surface area (Å²) in [5, 5.41) is 0. The lowest BCUT2D eigenvalue weighted by Gasteiger charge is -2.61. The molecule has 9 rings (SSSR count). The van der Waals surface area contributed by atoms with Gasteiger partial charge in [0.25, 0.3) is 0 Å². The Labute approximate surface area is 221 Å². The van der Waals surface area contributed by atoms with Crippen LogP contribution in [0.3, 0.4) is 0 Å². The molecule has 0 aromatic heterocycles. The van der Waals surface area contributed by atoms with Crippen molar-refractivity contribution in [3.8, 4) is 22.3 Å². The Hall–Kier alpha value is -2.36. The normalized spacial score (nSPS) is 33.7. The van der Waals surface area contributed by atoms with Crippen LogP contribution in [0.2, 0.25) is 0 Å². The van der Waals surface area contributed by atoms with Crippen molar-refractivity contribution in [3.05, 3.63) is 77.9 Å². The van der Waals surface area contributed by atoms with Crippen molar-refractivity contribution in [3.63, 3.8) is 0 Å². The van der Waals surface area contributed by atoms with Crippen LogP contribution < -0.4 is 5.46 Å². The van der Waals surface area contributed by atoms with E-state index in [4.69, 9.17) is 9.31 Å². The molecule has 1 aliphatic heterocycles. The maximum atomic E-state index is 6.30. The van der Waals surface area contributed by atoms with Crippen molar-refractivity contribution in [1.82, 2.24) is 0 Å². The first-order valence-corrected chi connectivity index (χ1v) is 14.5. The molecule has 0 unspecified atom stereocenters. The van der Waals surface area contributed by atoms with E-state index >= 15 is 0 Å². The van der Waals surface area contributed by atoms with Gasteiger partial charge in [0.1, 0.15) is 0 Å². The minimum atomic E-state index is -0.321. The highest BCUT2D eigenvalue weighted by Gasteiger charge is 2.61. The van der Waals surface area contributed by atoms with Crippen molar-refractivity contribution in [2.45, 2.75) is 76.4 Å². The molecule has 5 fully saturated rings. The third-order valence-corrected chi connectivity index (χ3v) is 11.3. The van der Waals surface area contributed by atoms with Crippen LogP contribution in [0.1, 0.15) is 70.9 Å². The van der Waals surface area contributed by atoms with E-state index in [1.165, 1.54) is 54.4 Å². The van der Waals surface area contributed by atoms with E-state index in [2.05, 4.69) is 94.4 Å². The average molecular weight is 488 g/mol. The van der Waals surface area contributed by atoms with E-state index in [0.717, 1.165) is 29.1 Å². The summed E-state index contributed by atoms with van der Waals surface area (Å²) in [7, 11) is -0.315. The van der Waals surface area contributed by atoms with Crippen LogP contribution in [-0.4, -0.2) is 18.3 Å². The molecule has 1 spiro atoms. The maximum Gasteiger partial charge on any atom is 0.494 e. The Morgan fingerprint density at radius 3 is 1.84 bits per heavy atom. The first-order valence-electron chi connectivity index (χ1n) is 14.5. The number of rotatable bonds is 2. The van der Waals surface area contributed by atoms with Crippen molar-refractivity contribution < 1.29 is 9.31 Å². The molecular formula is C34H37BO2. The Kier molecular flexibility index (Phi) is 4.52. The molecule has 0 amide bonds. The van der Waals surface area contributed by atoms with Crippen LogP contribution in [0, 0.1) is 23.7 Å². The fourth-order valence-corrected chi connectivity index (χ4v) is 9.14. The molecule has 3 aromatic carbocycles. The van der Waals surface area contributed by atoms with Crippen LogP contribution in [0.4, 0.5) is 0 Å². The largest absolute Gasteiger partial charge is 0.494 e. The summed E-state index contributed by atoms with van der Waals surface area (Å²) in [6.45, 7) is 8.46. The van der Waals surface area contributed by atoms with Gasteiger partial charge in [-0.15, -0.1) is 0 Å². The first kappa shape index (κ1) is 22.6. The van der Waals surface area contributed by atoms with Crippen LogP contribution in [0.15, 0.2) is 66.7 Å². The SMILES string of the molecule is CC1(C)OB(c2ccc(-c3ccc4c(c3)C3(c5ccccc5-4)C4CC5CC(C4)CC3C5)cc2)OC1(C)C. The van der Waals surface area contributed by atoms with Gasteiger partial charge in [-0.05, 0) is 128 Å². The van der Waals surface area contributed by atoms with Gasteiger partial charge in [0.05, 0.1) is 11.2 Å². The molecule has 3 aromatic rings. The van der Waals surface area contributed by atoms with Gasteiger partial charge >= 0.3 is 7.12 Å². The van der Waals surface area contributed by atoms with Gasteiger partial charge in [0, 0.05) is 5.41 Å². The molecule has 5 aliphatic carbocycles. The lowest BCUT2D eigenvalue weighted by Crippen LogP contribution is -2.55. The zero-order chi connectivity index (χ0) is 25.2. The van der Waals surface area contributed by atoms with Crippen molar-refractivity contribution in [2.75, 3.05) is 0 Å². The van der Waals surface area contributed by atoms with Crippen LogP contribution in [0.5, 0.6) is 0 Å². The van der Waals surface area contributed by atoms with Gasteiger partial charge in [-0.1, -0.05) is 60.7 Å². The molecule has 6 aliphatic rings. The quantitative estimate of drug-likeness (QED) is 0.351. The van der Waals surface area contributed by atoms with Gasteiger partial charge in [0.2, 0.25) is 0 Å². The fourth-order valence-electron chi connectivity index (χ4n) is 9.14. The molecule has 0 radical (unpaired) electrons. The molecular weight excluding hydrogens is 451 g/mol. The molecule has 0 atom stereocenters. The Morgan fingerprint density at radius 1 is 0.622 bits per heavy atom. The number of hydrogen-bond donors (Lipinski definition) is 0. The first-order chi connectivity index (χ1) is 17.8. The molecule has 0 N–H and O–H groups in total. The summed E-state index contributed by atoms with van der Waals surface area (Å²) in [5.74, 6) is 3.53. The molecule has 188 valence electrons. The molecule has 4 saturated carbocycles. The average Bonchev–Trinajstić information content (AvgIpc) is 3.29. The third kappa shape index (κ3) is 2.96. The predicted molar refractivity (Wildman–Crippen MR) is 151 cm³/mol. The van der Waals surface area contributed by atoms with Gasteiger partial charge in [-0.25, -0.2) is 0 Å². The van der Waals surface area contributed by atoms with Crippen LogP contribution in [-0.2, 0) is 14.7 Å². The predicted octanol–water partition coefficient (Wildman–Crippen LogP) is 7.38. The van der Waals surface area contributed by atoms with E-state index in [9.17, 15) is 0 Å². The second kappa shape index (κ2) is 7.39. The summed E-state index contributed by atoms with van der Waals surface area (Å²) in [6, 6.07) is 25.6. The Bertz CT molecular complexity index is 1360. The number of hydrogen-bond acceptors (Lipinski definition) is 2. The molecule has 1 saturated heterocycles. The highest BCUT2D eigenvalue weighted by atomic mass is 16.7. The summed E-state index contributed by atoms with van der Waals surface area (Å²) in [4.78, 5) is 0. The van der Waals surface area contributed by atoms with Crippen molar-refractivity contribution in [1.29, 1.82) is 0 Å². The molecule has 37 heavy (non-hydrogen) atoms. The van der Waals surface area contributed by atoms with E-state index < -0.39 is 0 Å². The summed E-state index contributed by atoms with van der Waals surface area (Å²) in [6.07, 6.45) is 7.19. The Balaban J connectivity index is 1.20. The number of fused-ring (bicyclic) bond motifs is 3. The van der Waals surface area contributed by atoms with E-state index in [0.29, 0.717) is 0 Å². The molecule has 3 heteroatoms. The van der Waals surface area contributed by atoms with Crippen LogP contribution in [0.25, 0.3) is 22.3 Å². The topological polar surface area (TPSA) is 18.5 Å². The highest BCUT2D eigenvalue weighted by Crippen LogP contribution is 2.69. The lowest BCUT2D eigenvalue weighted by molar-refractivity contribution is -0.0399. The highest BCUT2D eigenvalue weighted by molar-refractivity contribution is 6.62. The summed E-state index contributed by atoms with van der Waals surface area (Å²) >= 11 is 0. The standard InChI is InChI=1S/C34H37BO2/c1-32(2)33(3,4)37-35(36-32)27-12-9-23(10-13-27)24-11-14-29-28-7-5-6-8-30(28)34(31(29)20-24)25-16-21-15-22(18-25)19-26(34)17-21/h5-14,20-22,25-26H,15-19H2,1-4H3. The minimum Gasteiger partial charge on any atom is -0.399 e. The zero-order valence-corrected chi connectivity index (χ0v) is 22.6. The van der Waals surface area contributed by atoms with Gasteiger partial charge in [-0.2, -0.15) is 0 Å².